The van der Waals surface area contributed by atoms with Crippen molar-refractivity contribution in [2.75, 3.05) is 26.7 Å². The van der Waals surface area contributed by atoms with Crippen LogP contribution in [0.25, 0.3) is 0 Å². The van der Waals surface area contributed by atoms with Crippen molar-refractivity contribution in [1.82, 2.24) is 4.90 Å². The van der Waals surface area contributed by atoms with Crippen LogP contribution >= 0.6 is 0 Å². The van der Waals surface area contributed by atoms with Crippen LogP contribution in [-0.2, 0) is 0 Å². The monoisotopic (exact) mass is 276 g/mol. The van der Waals surface area contributed by atoms with Crippen LogP contribution in [0.15, 0.2) is 24.3 Å². The van der Waals surface area contributed by atoms with Crippen LogP contribution in [-0.4, -0.2) is 31.6 Å². The predicted octanol–water partition coefficient (Wildman–Crippen LogP) is 3.06. The lowest BCUT2D eigenvalue weighted by Crippen LogP contribution is -2.32. The first-order chi connectivity index (χ1) is 9.40. The second-order valence-electron chi connectivity index (χ2n) is 6.99. The normalized spacial score (nSPS) is 21.9. The average molecular weight is 276 g/mol. The Labute approximate surface area is 123 Å². The Morgan fingerprint density at radius 2 is 2.15 bits per heavy atom. The maximum Gasteiger partial charge on any atom is 0.119 e. The second kappa shape index (κ2) is 6.15. The SMILES string of the molecule is COc1cccc(C(N)CN2CCC(C(C)(C)C)C2)c1. The van der Waals surface area contributed by atoms with Crippen molar-refractivity contribution in [1.29, 1.82) is 0 Å². The van der Waals surface area contributed by atoms with Gasteiger partial charge < -0.3 is 15.4 Å². The average Bonchev–Trinajstić information content (AvgIpc) is 2.87. The fourth-order valence-corrected chi connectivity index (χ4v) is 2.96. The fourth-order valence-electron chi connectivity index (χ4n) is 2.96. The van der Waals surface area contributed by atoms with Gasteiger partial charge >= 0.3 is 0 Å². The van der Waals surface area contributed by atoms with Gasteiger partial charge in [0, 0.05) is 19.1 Å². The largest absolute Gasteiger partial charge is 0.497 e. The van der Waals surface area contributed by atoms with Gasteiger partial charge in [0.15, 0.2) is 0 Å². The lowest BCUT2D eigenvalue weighted by atomic mass is 9.80. The Bertz CT molecular complexity index is 439. The molecule has 1 aliphatic heterocycles. The zero-order valence-corrected chi connectivity index (χ0v) is 13.2. The molecule has 2 N–H and O–H groups in total. The summed E-state index contributed by atoms with van der Waals surface area (Å²) < 4.78 is 5.27. The number of benzene rings is 1. The van der Waals surface area contributed by atoms with E-state index in [1.54, 1.807) is 7.11 Å². The summed E-state index contributed by atoms with van der Waals surface area (Å²) in [6, 6.07) is 8.16. The van der Waals surface area contributed by atoms with Gasteiger partial charge in [-0.15, -0.1) is 0 Å². The van der Waals surface area contributed by atoms with E-state index in [-0.39, 0.29) is 6.04 Å². The van der Waals surface area contributed by atoms with Gasteiger partial charge in [0.2, 0.25) is 0 Å². The standard InChI is InChI=1S/C17H28N2O/c1-17(2,3)14-8-9-19(11-14)12-16(18)13-6-5-7-15(10-13)20-4/h5-7,10,14,16H,8-9,11-12,18H2,1-4H3. The lowest BCUT2D eigenvalue weighted by molar-refractivity contribution is 0.224. The molecule has 0 amide bonds. The van der Waals surface area contributed by atoms with Crippen molar-refractivity contribution < 1.29 is 4.74 Å². The lowest BCUT2D eigenvalue weighted by Gasteiger charge is -2.28. The van der Waals surface area contributed by atoms with Gasteiger partial charge in [-0.2, -0.15) is 0 Å². The van der Waals surface area contributed by atoms with Crippen LogP contribution in [0.5, 0.6) is 5.75 Å². The van der Waals surface area contributed by atoms with Gasteiger partial charge in [-0.05, 0) is 42.0 Å². The van der Waals surface area contributed by atoms with Crippen LogP contribution < -0.4 is 10.5 Å². The van der Waals surface area contributed by atoms with E-state index in [1.807, 2.05) is 18.2 Å². The molecule has 1 aliphatic rings. The molecule has 112 valence electrons. The maximum absolute atomic E-state index is 6.36. The zero-order chi connectivity index (χ0) is 14.8. The molecule has 3 nitrogen and oxygen atoms in total. The van der Waals surface area contributed by atoms with E-state index in [1.165, 1.54) is 19.5 Å². The first-order valence-electron chi connectivity index (χ1n) is 7.52. The highest BCUT2D eigenvalue weighted by Gasteiger charge is 2.32. The molecule has 20 heavy (non-hydrogen) atoms. The molecule has 2 unspecified atom stereocenters. The number of nitrogens with two attached hydrogens (primary N) is 1. The third kappa shape index (κ3) is 3.74. The summed E-state index contributed by atoms with van der Waals surface area (Å²) in [5.74, 6) is 1.66. The number of ether oxygens (including phenoxy) is 1. The van der Waals surface area contributed by atoms with Crippen LogP contribution in [0.1, 0.15) is 38.8 Å². The summed E-state index contributed by atoms with van der Waals surface area (Å²) >= 11 is 0. The van der Waals surface area contributed by atoms with Gasteiger partial charge in [0.1, 0.15) is 5.75 Å². The third-order valence-electron chi connectivity index (χ3n) is 4.47. The number of rotatable bonds is 4. The summed E-state index contributed by atoms with van der Waals surface area (Å²) in [5.41, 5.74) is 7.91. The van der Waals surface area contributed by atoms with Gasteiger partial charge in [0.25, 0.3) is 0 Å². The maximum atomic E-state index is 6.36. The minimum Gasteiger partial charge on any atom is -0.497 e. The van der Waals surface area contributed by atoms with Gasteiger partial charge in [-0.25, -0.2) is 0 Å². The van der Waals surface area contributed by atoms with E-state index >= 15 is 0 Å². The molecular formula is C17H28N2O. The van der Waals surface area contributed by atoms with Crippen molar-refractivity contribution in [3.05, 3.63) is 29.8 Å². The molecular weight excluding hydrogens is 248 g/mol. The number of hydrogen-bond acceptors (Lipinski definition) is 3. The summed E-state index contributed by atoms with van der Waals surface area (Å²) in [6.07, 6.45) is 1.29. The van der Waals surface area contributed by atoms with Crippen molar-refractivity contribution in [2.24, 2.45) is 17.1 Å². The Morgan fingerprint density at radius 1 is 1.40 bits per heavy atom. The second-order valence-corrected chi connectivity index (χ2v) is 6.99. The number of methoxy groups -OCH3 is 1. The van der Waals surface area contributed by atoms with Crippen LogP contribution in [0, 0.1) is 11.3 Å². The molecule has 0 radical (unpaired) electrons. The summed E-state index contributed by atoms with van der Waals surface area (Å²) in [5, 5.41) is 0. The van der Waals surface area contributed by atoms with Crippen molar-refractivity contribution >= 4 is 0 Å². The molecule has 0 bridgehead atoms. The molecule has 2 rings (SSSR count). The molecule has 1 aromatic carbocycles. The molecule has 0 saturated carbocycles. The highest BCUT2D eigenvalue weighted by atomic mass is 16.5. The Hall–Kier alpha value is -1.06. The first-order valence-corrected chi connectivity index (χ1v) is 7.52. The molecule has 1 saturated heterocycles. The van der Waals surface area contributed by atoms with E-state index in [2.05, 4.69) is 31.7 Å². The first kappa shape index (κ1) is 15.3. The van der Waals surface area contributed by atoms with E-state index in [9.17, 15) is 0 Å². The van der Waals surface area contributed by atoms with Crippen molar-refractivity contribution in [3.63, 3.8) is 0 Å². The Morgan fingerprint density at radius 3 is 2.75 bits per heavy atom. The predicted molar refractivity (Wildman–Crippen MR) is 83.9 cm³/mol. The molecule has 0 aliphatic carbocycles. The third-order valence-corrected chi connectivity index (χ3v) is 4.47. The molecule has 0 aromatic heterocycles. The number of hydrogen-bond donors (Lipinski definition) is 1. The molecule has 0 spiro atoms. The Balaban J connectivity index is 1.93. The minimum absolute atomic E-state index is 0.0591. The number of likely N-dealkylation sites (tertiary alicyclic amines) is 1. The van der Waals surface area contributed by atoms with E-state index in [0.717, 1.165) is 23.8 Å². The summed E-state index contributed by atoms with van der Waals surface area (Å²) in [4.78, 5) is 2.50. The van der Waals surface area contributed by atoms with E-state index in [0.29, 0.717) is 5.41 Å². The fraction of sp³-hybridized carbons (Fsp3) is 0.647. The van der Waals surface area contributed by atoms with Crippen LogP contribution in [0.4, 0.5) is 0 Å². The minimum atomic E-state index is 0.0591. The molecule has 2 atom stereocenters. The van der Waals surface area contributed by atoms with E-state index in [4.69, 9.17) is 10.5 Å². The summed E-state index contributed by atoms with van der Waals surface area (Å²) in [7, 11) is 1.69. The van der Waals surface area contributed by atoms with Crippen molar-refractivity contribution in [2.45, 2.75) is 33.2 Å². The van der Waals surface area contributed by atoms with Gasteiger partial charge in [-0.3, -0.25) is 0 Å². The zero-order valence-electron chi connectivity index (χ0n) is 13.2. The van der Waals surface area contributed by atoms with E-state index < -0.39 is 0 Å². The summed E-state index contributed by atoms with van der Waals surface area (Å²) in [6.45, 7) is 10.3. The molecule has 3 heteroatoms. The molecule has 1 fully saturated rings. The van der Waals surface area contributed by atoms with Crippen LogP contribution in [0.2, 0.25) is 0 Å². The topological polar surface area (TPSA) is 38.5 Å². The highest BCUT2D eigenvalue weighted by molar-refractivity contribution is 5.30. The Kier molecular flexibility index (Phi) is 4.71. The number of nitrogens with zero attached hydrogens (tertiary/aromatic N) is 1. The molecule has 1 aromatic rings. The molecule has 1 heterocycles. The van der Waals surface area contributed by atoms with Gasteiger partial charge in [0.05, 0.1) is 7.11 Å². The van der Waals surface area contributed by atoms with Crippen LogP contribution in [0.3, 0.4) is 0 Å². The van der Waals surface area contributed by atoms with Gasteiger partial charge in [-0.1, -0.05) is 32.9 Å². The van der Waals surface area contributed by atoms with Crippen molar-refractivity contribution in [3.8, 4) is 5.75 Å². The quantitative estimate of drug-likeness (QED) is 0.918. The smallest absolute Gasteiger partial charge is 0.119 e. The highest BCUT2D eigenvalue weighted by Crippen LogP contribution is 2.34.